The normalized spacial score (nSPS) is 12.1. The summed E-state index contributed by atoms with van der Waals surface area (Å²) in [5, 5.41) is 2.94. The third-order valence-electron chi connectivity index (χ3n) is 3.01. The molecule has 0 saturated carbocycles. The Hall–Kier alpha value is -1.75. The maximum atomic E-state index is 12.1. The number of rotatable bonds is 7. The molecule has 1 aromatic carbocycles. The molecule has 5 heteroatoms. The van der Waals surface area contributed by atoms with Gasteiger partial charge in [-0.1, -0.05) is 6.92 Å². The van der Waals surface area contributed by atoms with Crippen LogP contribution in [0.1, 0.15) is 17.3 Å². The molecule has 112 valence electrons. The Morgan fingerprint density at radius 3 is 2.45 bits per heavy atom. The molecular formula is C15H25N2O3+. The van der Waals surface area contributed by atoms with Crippen LogP contribution in [0.3, 0.4) is 0 Å². The molecule has 1 amide bonds. The van der Waals surface area contributed by atoms with Crippen LogP contribution in [0.4, 0.5) is 0 Å². The third kappa shape index (κ3) is 4.74. The zero-order valence-electron chi connectivity index (χ0n) is 12.9. The van der Waals surface area contributed by atoms with Gasteiger partial charge < -0.3 is 19.7 Å². The van der Waals surface area contributed by atoms with E-state index in [9.17, 15) is 4.79 Å². The van der Waals surface area contributed by atoms with Crippen LogP contribution < -0.4 is 19.7 Å². The summed E-state index contributed by atoms with van der Waals surface area (Å²) in [6.07, 6.45) is 0. The molecule has 1 atom stereocenters. The van der Waals surface area contributed by atoms with E-state index in [0.29, 0.717) is 29.5 Å². The Morgan fingerprint density at radius 2 is 1.90 bits per heavy atom. The second-order valence-corrected chi connectivity index (χ2v) is 5.30. The van der Waals surface area contributed by atoms with Crippen molar-refractivity contribution in [1.82, 2.24) is 5.32 Å². The lowest BCUT2D eigenvalue weighted by Crippen LogP contribution is -3.06. The predicted molar refractivity (Wildman–Crippen MR) is 78.7 cm³/mol. The van der Waals surface area contributed by atoms with E-state index in [1.807, 2.05) is 0 Å². The quantitative estimate of drug-likeness (QED) is 0.751. The van der Waals surface area contributed by atoms with Gasteiger partial charge in [0.25, 0.3) is 5.91 Å². The fraction of sp³-hybridized carbons (Fsp3) is 0.533. The highest BCUT2D eigenvalue weighted by atomic mass is 16.5. The Labute approximate surface area is 120 Å². The zero-order chi connectivity index (χ0) is 15.1. The minimum absolute atomic E-state index is 0.0911. The summed E-state index contributed by atoms with van der Waals surface area (Å²) < 4.78 is 10.4. The summed E-state index contributed by atoms with van der Waals surface area (Å²) in [6.45, 7) is 3.81. The SMILES string of the molecule is COc1ccc(C(=O)NC[C@@H](C)C[NH+](C)C)cc1OC. The van der Waals surface area contributed by atoms with Crippen molar-refractivity contribution in [1.29, 1.82) is 0 Å². The number of carbonyl (C=O) groups excluding carboxylic acids is 1. The van der Waals surface area contributed by atoms with E-state index in [0.717, 1.165) is 6.54 Å². The molecule has 0 bridgehead atoms. The minimum Gasteiger partial charge on any atom is -0.493 e. The molecule has 5 nitrogen and oxygen atoms in total. The van der Waals surface area contributed by atoms with Gasteiger partial charge in [-0.3, -0.25) is 4.79 Å². The Morgan fingerprint density at radius 1 is 1.25 bits per heavy atom. The maximum absolute atomic E-state index is 12.1. The minimum atomic E-state index is -0.0911. The summed E-state index contributed by atoms with van der Waals surface area (Å²) in [5.74, 6) is 1.52. The summed E-state index contributed by atoms with van der Waals surface area (Å²) in [7, 11) is 7.34. The number of hydrogen-bond acceptors (Lipinski definition) is 3. The first-order valence-corrected chi connectivity index (χ1v) is 6.77. The number of ether oxygens (including phenoxy) is 2. The van der Waals surface area contributed by atoms with Gasteiger partial charge in [-0.2, -0.15) is 0 Å². The molecule has 0 spiro atoms. The molecule has 0 aliphatic carbocycles. The Kier molecular flexibility index (Phi) is 6.31. The van der Waals surface area contributed by atoms with Crippen LogP contribution in [0.25, 0.3) is 0 Å². The van der Waals surface area contributed by atoms with Gasteiger partial charge in [-0.25, -0.2) is 0 Å². The molecule has 1 aromatic rings. The second-order valence-electron chi connectivity index (χ2n) is 5.30. The zero-order valence-corrected chi connectivity index (χ0v) is 12.9. The van der Waals surface area contributed by atoms with Crippen molar-refractivity contribution in [3.63, 3.8) is 0 Å². The van der Waals surface area contributed by atoms with Crippen LogP contribution in [0.2, 0.25) is 0 Å². The lowest BCUT2D eigenvalue weighted by molar-refractivity contribution is -0.861. The van der Waals surface area contributed by atoms with Crippen molar-refractivity contribution in [3.05, 3.63) is 23.8 Å². The number of carbonyl (C=O) groups is 1. The van der Waals surface area contributed by atoms with Gasteiger partial charge in [0.15, 0.2) is 11.5 Å². The fourth-order valence-corrected chi connectivity index (χ4v) is 2.12. The number of hydrogen-bond donors (Lipinski definition) is 2. The standard InChI is InChI=1S/C15H24N2O3/c1-11(10-17(2)3)9-16-15(18)12-6-7-13(19-4)14(8-12)20-5/h6-8,11H,9-10H2,1-5H3,(H,16,18)/p+1/t11-/m1/s1. The molecular weight excluding hydrogens is 256 g/mol. The van der Waals surface area contributed by atoms with Crippen LogP contribution >= 0.6 is 0 Å². The smallest absolute Gasteiger partial charge is 0.251 e. The number of amides is 1. The third-order valence-corrected chi connectivity index (χ3v) is 3.01. The molecule has 0 fully saturated rings. The van der Waals surface area contributed by atoms with Crippen LogP contribution in [0, 0.1) is 5.92 Å². The van der Waals surface area contributed by atoms with Crippen molar-refractivity contribution in [2.24, 2.45) is 5.92 Å². The summed E-state index contributed by atoms with van der Waals surface area (Å²) in [5.41, 5.74) is 0.576. The molecule has 0 aromatic heterocycles. The summed E-state index contributed by atoms with van der Waals surface area (Å²) >= 11 is 0. The molecule has 0 unspecified atom stereocenters. The monoisotopic (exact) mass is 281 g/mol. The van der Waals surface area contributed by atoms with E-state index in [1.54, 1.807) is 32.4 Å². The molecule has 0 heterocycles. The Balaban J connectivity index is 2.64. The van der Waals surface area contributed by atoms with Crippen LogP contribution in [0.15, 0.2) is 18.2 Å². The number of methoxy groups -OCH3 is 2. The molecule has 0 radical (unpaired) electrons. The molecule has 1 rings (SSSR count). The van der Waals surface area contributed by atoms with E-state index in [4.69, 9.17) is 9.47 Å². The number of quaternary nitrogens is 1. The van der Waals surface area contributed by atoms with Crippen molar-refractivity contribution in [2.45, 2.75) is 6.92 Å². The highest BCUT2D eigenvalue weighted by molar-refractivity contribution is 5.94. The molecule has 0 aliphatic rings. The molecule has 0 aliphatic heterocycles. The summed E-state index contributed by atoms with van der Waals surface area (Å²) in [6, 6.07) is 5.16. The average Bonchev–Trinajstić information content (AvgIpc) is 2.43. The van der Waals surface area contributed by atoms with Crippen molar-refractivity contribution in [3.8, 4) is 11.5 Å². The Bertz CT molecular complexity index is 447. The maximum Gasteiger partial charge on any atom is 0.251 e. The van der Waals surface area contributed by atoms with E-state index in [2.05, 4.69) is 26.3 Å². The molecule has 0 saturated heterocycles. The molecule has 20 heavy (non-hydrogen) atoms. The van der Waals surface area contributed by atoms with Gasteiger partial charge in [0.05, 0.1) is 34.9 Å². The largest absolute Gasteiger partial charge is 0.493 e. The van der Waals surface area contributed by atoms with Crippen molar-refractivity contribution in [2.75, 3.05) is 41.4 Å². The van der Waals surface area contributed by atoms with Gasteiger partial charge in [0.2, 0.25) is 0 Å². The van der Waals surface area contributed by atoms with Crippen LogP contribution in [-0.2, 0) is 0 Å². The van der Waals surface area contributed by atoms with E-state index < -0.39 is 0 Å². The van der Waals surface area contributed by atoms with Gasteiger partial charge in [-0.05, 0) is 18.2 Å². The van der Waals surface area contributed by atoms with Crippen molar-refractivity contribution < 1.29 is 19.2 Å². The second kappa shape index (κ2) is 7.75. The number of benzene rings is 1. The first-order valence-electron chi connectivity index (χ1n) is 6.77. The average molecular weight is 281 g/mol. The summed E-state index contributed by atoms with van der Waals surface area (Å²) in [4.78, 5) is 13.5. The van der Waals surface area contributed by atoms with E-state index >= 15 is 0 Å². The van der Waals surface area contributed by atoms with Crippen molar-refractivity contribution >= 4 is 5.91 Å². The van der Waals surface area contributed by atoms with Gasteiger partial charge >= 0.3 is 0 Å². The lowest BCUT2D eigenvalue weighted by Gasteiger charge is -2.15. The van der Waals surface area contributed by atoms with Gasteiger partial charge in [-0.15, -0.1) is 0 Å². The molecule has 2 N–H and O–H groups in total. The first kappa shape index (κ1) is 16.3. The van der Waals surface area contributed by atoms with Gasteiger partial charge in [0.1, 0.15) is 0 Å². The van der Waals surface area contributed by atoms with Gasteiger partial charge in [0, 0.05) is 18.0 Å². The number of nitrogens with one attached hydrogen (secondary N) is 2. The topological polar surface area (TPSA) is 52.0 Å². The first-order chi connectivity index (χ1) is 9.47. The predicted octanol–water partition coefficient (Wildman–Crippen LogP) is 0.214. The lowest BCUT2D eigenvalue weighted by atomic mass is 10.1. The van der Waals surface area contributed by atoms with E-state index in [-0.39, 0.29) is 5.91 Å². The fourth-order valence-electron chi connectivity index (χ4n) is 2.12. The van der Waals surface area contributed by atoms with E-state index in [1.165, 1.54) is 4.90 Å². The van der Waals surface area contributed by atoms with Crippen LogP contribution in [0.5, 0.6) is 11.5 Å². The highest BCUT2D eigenvalue weighted by Crippen LogP contribution is 2.27. The highest BCUT2D eigenvalue weighted by Gasteiger charge is 2.12. The van der Waals surface area contributed by atoms with Crippen LogP contribution in [-0.4, -0.2) is 47.3 Å².